The molecule has 0 aliphatic heterocycles. The molecule has 0 aliphatic rings. The predicted octanol–water partition coefficient (Wildman–Crippen LogP) is 12.2. The van der Waals surface area contributed by atoms with E-state index in [2.05, 4.69) is 4.98 Å². The monoisotopic (exact) mass is 649 g/mol. The molecule has 0 saturated carbocycles. The number of pyridine rings is 1. The van der Waals surface area contributed by atoms with Crippen molar-refractivity contribution in [3.63, 3.8) is 0 Å². The third kappa shape index (κ3) is 4.81. The lowest BCUT2D eigenvalue weighted by Crippen LogP contribution is -2.03. The molecule has 3 aromatic carbocycles. The van der Waals surface area contributed by atoms with Gasteiger partial charge in [-0.2, -0.15) is 0 Å². The number of nitrogens with zero attached hydrogens (tertiary/aromatic N) is 1. The van der Waals surface area contributed by atoms with Gasteiger partial charge in [-0.3, -0.25) is 0 Å². The molecule has 0 atom stereocenters. The largest absolute Gasteiger partial charge is 0.241 e. The van der Waals surface area contributed by atoms with Crippen molar-refractivity contribution in [3.05, 3.63) is 93.2 Å². The minimum atomic E-state index is -1.09. The van der Waals surface area contributed by atoms with Crippen LogP contribution >= 0.6 is 104 Å². The van der Waals surface area contributed by atoms with E-state index in [1.165, 1.54) is 36.4 Å². The Morgan fingerprint density at radius 1 is 0.429 bits per heavy atom. The van der Waals surface area contributed by atoms with E-state index in [4.69, 9.17) is 104 Å². The first kappa shape index (κ1) is 27.3. The first-order valence-corrected chi connectivity index (χ1v) is 12.7. The molecule has 1 heterocycles. The molecule has 0 unspecified atom stereocenters. The van der Waals surface area contributed by atoms with Crippen LogP contribution in [-0.2, 0) is 0 Å². The van der Waals surface area contributed by atoms with E-state index >= 15 is 8.78 Å². The molecule has 0 fully saturated rings. The van der Waals surface area contributed by atoms with Gasteiger partial charge in [-0.15, -0.1) is 0 Å². The Morgan fingerprint density at radius 2 is 0.743 bits per heavy atom. The SMILES string of the molecule is Fc1c(-c2ccc(Cl)c(Cl)c2Cl)nc(-c2ccc(Cl)c(Cl)c2Cl)c(F)c1-c1ccc(Cl)c(Cl)c1Cl. The van der Waals surface area contributed by atoms with Crippen LogP contribution in [0.5, 0.6) is 0 Å². The minimum absolute atomic E-state index is 0.0356. The van der Waals surface area contributed by atoms with E-state index in [0.717, 1.165) is 0 Å². The van der Waals surface area contributed by atoms with Gasteiger partial charge in [-0.25, -0.2) is 13.8 Å². The summed E-state index contributed by atoms with van der Waals surface area (Å²) < 4.78 is 32.0. The summed E-state index contributed by atoms with van der Waals surface area (Å²) in [6.45, 7) is 0. The van der Waals surface area contributed by atoms with Gasteiger partial charge in [0.1, 0.15) is 11.4 Å². The van der Waals surface area contributed by atoms with Crippen LogP contribution < -0.4 is 0 Å². The number of aromatic nitrogens is 1. The van der Waals surface area contributed by atoms with Crippen molar-refractivity contribution in [3.8, 4) is 33.6 Å². The molecule has 4 aromatic rings. The van der Waals surface area contributed by atoms with Crippen LogP contribution in [0, 0.1) is 11.6 Å². The Hall–Kier alpha value is -0.720. The summed E-state index contributed by atoms with van der Waals surface area (Å²) in [5, 5.41) is -0.212. The van der Waals surface area contributed by atoms with Gasteiger partial charge in [0.25, 0.3) is 0 Å². The molecule has 0 amide bonds. The van der Waals surface area contributed by atoms with Gasteiger partial charge in [0, 0.05) is 16.7 Å². The van der Waals surface area contributed by atoms with Crippen molar-refractivity contribution in [2.75, 3.05) is 0 Å². The molecule has 0 radical (unpaired) electrons. The molecule has 0 bridgehead atoms. The molecule has 35 heavy (non-hydrogen) atoms. The zero-order valence-corrected chi connectivity index (χ0v) is 23.4. The van der Waals surface area contributed by atoms with Gasteiger partial charge >= 0.3 is 0 Å². The first-order chi connectivity index (χ1) is 16.5. The number of hydrogen-bond donors (Lipinski definition) is 0. The highest BCUT2D eigenvalue weighted by atomic mass is 35.5. The fourth-order valence-corrected chi connectivity index (χ4v) is 5.15. The molecular formula is C23H6Cl9F2N. The van der Waals surface area contributed by atoms with E-state index in [-0.39, 0.29) is 73.3 Å². The van der Waals surface area contributed by atoms with Crippen LogP contribution in [0.4, 0.5) is 8.78 Å². The van der Waals surface area contributed by atoms with Crippen molar-refractivity contribution in [2.24, 2.45) is 0 Å². The average molecular weight is 653 g/mol. The Morgan fingerprint density at radius 3 is 1.11 bits per heavy atom. The molecule has 12 heteroatoms. The lowest BCUT2D eigenvalue weighted by atomic mass is 9.98. The fraction of sp³-hybridized carbons (Fsp3) is 0. The quantitative estimate of drug-likeness (QED) is 0.201. The lowest BCUT2D eigenvalue weighted by molar-refractivity contribution is 0.585. The van der Waals surface area contributed by atoms with E-state index in [1.807, 2.05) is 0 Å². The van der Waals surface area contributed by atoms with Crippen molar-refractivity contribution >= 4 is 104 Å². The van der Waals surface area contributed by atoms with Crippen molar-refractivity contribution in [1.82, 2.24) is 4.98 Å². The van der Waals surface area contributed by atoms with Crippen LogP contribution in [0.15, 0.2) is 36.4 Å². The van der Waals surface area contributed by atoms with E-state index < -0.39 is 17.2 Å². The van der Waals surface area contributed by atoms with Crippen LogP contribution in [0.25, 0.3) is 33.6 Å². The second kappa shape index (κ2) is 10.6. The zero-order chi connectivity index (χ0) is 25.8. The highest BCUT2D eigenvalue weighted by Gasteiger charge is 2.28. The summed E-state index contributed by atoms with van der Waals surface area (Å²) in [5.74, 6) is -2.19. The van der Waals surface area contributed by atoms with E-state index in [1.54, 1.807) is 0 Å². The number of hydrogen-bond acceptors (Lipinski definition) is 1. The maximum Gasteiger partial charge on any atom is 0.160 e. The van der Waals surface area contributed by atoms with E-state index in [9.17, 15) is 0 Å². The maximum absolute atomic E-state index is 16.0. The van der Waals surface area contributed by atoms with E-state index in [0.29, 0.717) is 0 Å². The third-order valence-electron chi connectivity index (χ3n) is 4.96. The van der Waals surface area contributed by atoms with Crippen molar-refractivity contribution < 1.29 is 8.78 Å². The predicted molar refractivity (Wildman–Crippen MR) is 146 cm³/mol. The van der Waals surface area contributed by atoms with Gasteiger partial charge in [0.15, 0.2) is 11.6 Å². The Bertz CT molecular complexity index is 1440. The molecule has 0 N–H and O–H groups in total. The number of rotatable bonds is 3. The minimum Gasteiger partial charge on any atom is -0.241 e. The zero-order valence-electron chi connectivity index (χ0n) is 16.6. The van der Waals surface area contributed by atoms with Crippen molar-refractivity contribution in [2.45, 2.75) is 0 Å². The Labute approximate surface area is 243 Å². The Kier molecular flexibility index (Phi) is 8.25. The Balaban J connectivity index is 2.17. The second-order valence-corrected chi connectivity index (χ2v) is 10.5. The highest BCUT2D eigenvalue weighted by molar-refractivity contribution is 6.50. The molecular weight excluding hydrogens is 647 g/mol. The van der Waals surface area contributed by atoms with Crippen LogP contribution in [0.3, 0.4) is 0 Å². The molecule has 0 spiro atoms. The fourth-order valence-electron chi connectivity index (χ4n) is 3.27. The van der Waals surface area contributed by atoms with Gasteiger partial charge in [0.2, 0.25) is 0 Å². The van der Waals surface area contributed by atoms with Gasteiger partial charge in [0.05, 0.1) is 50.8 Å². The lowest BCUT2D eigenvalue weighted by Gasteiger charge is -2.17. The molecule has 1 nitrogen and oxygen atoms in total. The third-order valence-corrected chi connectivity index (χ3v) is 8.84. The maximum atomic E-state index is 16.0. The number of benzene rings is 3. The van der Waals surface area contributed by atoms with Crippen molar-refractivity contribution in [1.29, 1.82) is 0 Å². The molecule has 0 aliphatic carbocycles. The number of halogens is 11. The normalized spacial score (nSPS) is 11.3. The van der Waals surface area contributed by atoms with Gasteiger partial charge < -0.3 is 0 Å². The summed E-state index contributed by atoms with van der Waals surface area (Å²) in [6, 6.07) is 8.24. The van der Waals surface area contributed by atoms with Crippen LogP contribution in [-0.4, -0.2) is 4.98 Å². The standard InChI is InChI=1S/C23H6Cl9F2N/c24-10-4-1-7(14(27)17(10)30)13-20(33)22(8-2-5-11(25)18(31)15(8)28)35-23(21(13)34)9-3-6-12(26)19(32)16(9)29/h1-6H. The summed E-state index contributed by atoms with van der Waals surface area (Å²) in [7, 11) is 0. The van der Waals surface area contributed by atoms with Crippen LogP contribution in [0.2, 0.25) is 45.2 Å². The van der Waals surface area contributed by atoms with Gasteiger partial charge in [-0.05, 0) is 30.3 Å². The summed E-state index contributed by atoms with van der Waals surface area (Å²) in [4.78, 5) is 4.21. The molecule has 4 rings (SSSR count). The highest BCUT2D eigenvalue weighted by Crippen LogP contribution is 2.47. The molecule has 0 saturated heterocycles. The second-order valence-electron chi connectivity index (χ2n) is 6.98. The summed E-state index contributed by atoms with van der Waals surface area (Å²) in [6.07, 6.45) is 0. The molecule has 180 valence electrons. The summed E-state index contributed by atoms with van der Waals surface area (Å²) in [5.41, 5.74) is -1.29. The first-order valence-electron chi connectivity index (χ1n) is 9.26. The smallest absolute Gasteiger partial charge is 0.160 e. The summed E-state index contributed by atoms with van der Waals surface area (Å²) >= 11 is 55.5. The topological polar surface area (TPSA) is 12.9 Å². The average Bonchev–Trinajstić information content (AvgIpc) is 2.82. The van der Waals surface area contributed by atoms with Gasteiger partial charge in [-0.1, -0.05) is 110 Å². The molecule has 1 aromatic heterocycles. The van der Waals surface area contributed by atoms with Crippen LogP contribution in [0.1, 0.15) is 0 Å².